The largest absolute Gasteiger partial charge is 0.348 e. The molecule has 3 rings (SSSR count). The van der Waals surface area contributed by atoms with Crippen LogP contribution < -0.4 is 4.72 Å². The summed E-state index contributed by atoms with van der Waals surface area (Å²) in [5.41, 5.74) is 2.21. The smallest absolute Gasteiger partial charge is 0.260 e. The Labute approximate surface area is 141 Å². The number of aryl methyl sites for hydroxylation is 1. The first kappa shape index (κ1) is 16.7. The number of sulfonamides is 1. The van der Waals surface area contributed by atoms with Gasteiger partial charge in [0.2, 0.25) is 0 Å². The van der Waals surface area contributed by atoms with Crippen LogP contribution in [0.15, 0.2) is 35.6 Å². The maximum atomic E-state index is 12.7. The van der Waals surface area contributed by atoms with Crippen LogP contribution in [0, 0.1) is 12.8 Å². The van der Waals surface area contributed by atoms with Gasteiger partial charge >= 0.3 is 0 Å². The summed E-state index contributed by atoms with van der Waals surface area (Å²) < 4.78 is 28.2. The summed E-state index contributed by atoms with van der Waals surface area (Å²) in [7, 11) is -3.74. The van der Waals surface area contributed by atoms with E-state index < -0.39 is 16.1 Å². The van der Waals surface area contributed by atoms with Gasteiger partial charge in [-0.05, 0) is 25.0 Å². The Bertz CT molecular complexity index is 911. The van der Waals surface area contributed by atoms with E-state index in [1.165, 1.54) is 6.33 Å². The maximum Gasteiger partial charge on any atom is 0.260 e. The Balaban J connectivity index is 1.99. The van der Waals surface area contributed by atoms with Crippen molar-refractivity contribution >= 4 is 21.1 Å². The lowest BCUT2D eigenvalue weighted by Crippen LogP contribution is -2.33. The molecular formula is C16H21N5O2S. The van der Waals surface area contributed by atoms with Crippen LogP contribution in [0.5, 0.6) is 0 Å². The molecule has 0 aliphatic carbocycles. The number of nitrogens with zero attached hydrogens (tertiary/aromatic N) is 2. The van der Waals surface area contributed by atoms with Crippen molar-refractivity contribution in [1.82, 2.24) is 24.7 Å². The highest BCUT2D eigenvalue weighted by molar-refractivity contribution is 7.89. The molecule has 1 aromatic carbocycles. The molecule has 24 heavy (non-hydrogen) atoms. The van der Waals surface area contributed by atoms with Gasteiger partial charge in [0, 0.05) is 0 Å². The number of hydrogen-bond acceptors (Lipinski definition) is 4. The molecule has 0 aliphatic heterocycles. The number of benzene rings is 1. The number of para-hydroxylation sites is 2. The standard InChI is InChI=1S/C16H21N5O2S/c1-4-10(2)14(15-19-12-7-5-6-8-13(12)20-15)21-24(22,23)16-11(3)17-9-18-16/h5-10,14,21H,4H2,1-3H3,(H,17,18)(H,19,20)/t10-,14-/m0/s1. The van der Waals surface area contributed by atoms with E-state index >= 15 is 0 Å². The number of rotatable bonds is 6. The fourth-order valence-electron chi connectivity index (χ4n) is 2.64. The van der Waals surface area contributed by atoms with E-state index in [4.69, 9.17) is 0 Å². The number of aromatic amines is 2. The molecule has 0 saturated heterocycles. The molecule has 128 valence electrons. The first-order valence-corrected chi connectivity index (χ1v) is 9.37. The van der Waals surface area contributed by atoms with Crippen molar-refractivity contribution in [2.75, 3.05) is 0 Å². The van der Waals surface area contributed by atoms with Gasteiger partial charge < -0.3 is 9.97 Å². The van der Waals surface area contributed by atoms with Gasteiger partial charge in [-0.2, -0.15) is 4.72 Å². The van der Waals surface area contributed by atoms with Crippen molar-refractivity contribution < 1.29 is 8.42 Å². The molecule has 2 aromatic heterocycles. The van der Waals surface area contributed by atoms with E-state index in [0.29, 0.717) is 11.5 Å². The minimum atomic E-state index is -3.74. The number of H-pyrrole nitrogens is 2. The molecule has 0 amide bonds. The molecule has 0 radical (unpaired) electrons. The van der Waals surface area contributed by atoms with Crippen LogP contribution in [-0.4, -0.2) is 28.4 Å². The van der Waals surface area contributed by atoms with Crippen LogP contribution in [0.25, 0.3) is 11.0 Å². The van der Waals surface area contributed by atoms with Gasteiger partial charge in [0.25, 0.3) is 10.0 Å². The van der Waals surface area contributed by atoms with Gasteiger partial charge in [0.05, 0.1) is 29.1 Å². The van der Waals surface area contributed by atoms with Gasteiger partial charge in [-0.15, -0.1) is 0 Å². The van der Waals surface area contributed by atoms with E-state index in [1.54, 1.807) is 6.92 Å². The maximum absolute atomic E-state index is 12.7. The minimum Gasteiger partial charge on any atom is -0.348 e. The van der Waals surface area contributed by atoms with Gasteiger partial charge in [-0.25, -0.2) is 18.4 Å². The molecule has 0 fully saturated rings. The van der Waals surface area contributed by atoms with E-state index in [2.05, 4.69) is 24.7 Å². The molecule has 0 spiro atoms. The average molecular weight is 347 g/mol. The van der Waals surface area contributed by atoms with Gasteiger partial charge in [-0.3, -0.25) is 0 Å². The summed E-state index contributed by atoms with van der Waals surface area (Å²) in [5.74, 6) is 0.682. The summed E-state index contributed by atoms with van der Waals surface area (Å²) in [6.07, 6.45) is 2.19. The molecule has 0 saturated carbocycles. The quantitative estimate of drug-likeness (QED) is 0.637. The third kappa shape index (κ3) is 3.07. The minimum absolute atomic E-state index is 0.0203. The van der Waals surface area contributed by atoms with Crippen LogP contribution in [-0.2, 0) is 10.0 Å². The fourth-order valence-corrected chi connectivity index (χ4v) is 4.08. The molecule has 0 bridgehead atoms. The zero-order valence-electron chi connectivity index (χ0n) is 13.9. The van der Waals surface area contributed by atoms with Crippen LogP contribution in [0.3, 0.4) is 0 Å². The van der Waals surface area contributed by atoms with Crippen molar-refractivity contribution in [3.8, 4) is 0 Å². The topological polar surface area (TPSA) is 104 Å². The lowest BCUT2D eigenvalue weighted by molar-refractivity contribution is 0.407. The highest BCUT2D eigenvalue weighted by Crippen LogP contribution is 2.26. The molecule has 3 aromatic rings. The van der Waals surface area contributed by atoms with Crippen LogP contribution in [0.4, 0.5) is 0 Å². The lowest BCUT2D eigenvalue weighted by atomic mass is 10.00. The second-order valence-corrected chi connectivity index (χ2v) is 7.59. The molecule has 2 heterocycles. The zero-order valence-corrected chi connectivity index (χ0v) is 14.7. The molecule has 0 aliphatic rings. The van der Waals surface area contributed by atoms with Crippen molar-refractivity contribution in [1.29, 1.82) is 0 Å². The molecule has 8 heteroatoms. The highest BCUT2D eigenvalue weighted by Gasteiger charge is 2.29. The van der Waals surface area contributed by atoms with Crippen molar-refractivity contribution in [2.45, 2.75) is 38.3 Å². The van der Waals surface area contributed by atoms with E-state index in [0.717, 1.165) is 17.5 Å². The number of imidazole rings is 2. The Morgan fingerprint density at radius 1 is 1.29 bits per heavy atom. The first-order chi connectivity index (χ1) is 11.4. The number of hydrogen-bond donors (Lipinski definition) is 3. The van der Waals surface area contributed by atoms with Gasteiger partial charge in [0.1, 0.15) is 5.82 Å². The van der Waals surface area contributed by atoms with Crippen LogP contribution in [0.2, 0.25) is 0 Å². The molecular weight excluding hydrogens is 326 g/mol. The summed E-state index contributed by atoms with van der Waals surface area (Å²) in [5, 5.41) is 0.0203. The van der Waals surface area contributed by atoms with Crippen LogP contribution >= 0.6 is 0 Å². The third-order valence-electron chi connectivity index (χ3n) is 4.24. The van der Waals surface area contributed by atoms with Crippen molar-refractivity contribution in [2.24, 2.45) is 5.92 Å². The summed E-state index contributed by atoms with van der Waals surface area (Å²) in [6, 6.07) is 7.19. The molecule has 2 atom stereocenters. The third-order valence-corrected chi connectivity index (χ3v) is 5.72. The molecule has 3 N–H and O–H groups in total. The molecule has 0 unspecified atom stereocenters. The Hall–Kier alpha value is -2.19. The van der Waals surface area contributed by atoms with Gasteiger partial charge in [-0.1, -0.05) is 32.4 Å². The first-order valence-electron chi connectivity index (χ1n) is 7.89. The van der Waals surface area contributed by atoms with Crippen molar-refractivity contribution in [3.05, 3.63) is 42.1 Å². The van der Waals surface area contributed by atoms with E-state index in [9.17, 15) is 8.42 Å². The number of nitrogens with one attached hydrogen (secondary N) is 3. The summed E-state index contributed by atoms with van der Waals surface area (Å²) in [6.45, 7) is 5.70. The summed E-state index contributed by atoms with van der Waals surface area (Å²) in [4.78, 5) is 14.5. The molecule has 7 nitrogen and oxygen atoms in total. The number of aromatic nitrogens is 4. The van der Waals surface area contributed by atoms with Crippen LogP contribution in [0.1, 0.15) is 37.8 Å². The van der Waals surface area contributed by atoms with E-state index in [-0.39, 0.29) is 10.9 Å². The average Bonchev–Trinajstić information content (AvgIpc) is 3.18. The second-order valence-electron chi connectivity index (χ2n) is 5.96. The number of fused-ring (bicyclic) bond motifs is 1. The van der Waals surface area contributed by atoms with Gasteiger partial charge in [0.15, 0.2) is 5.03 Å². The Morgan fingerprint density at radius 3 is 2.67 bits per heavy atom. The fraction of sp³-hybridized carbons (Fsp3) is 0.375. The predicted octanol–water partition coefficient (Wildman–Crippen LogP) is 2.66. The zero-order chi connectivity index (χ0) is 17.3. The van der Waals surface area contributed by atoms with Crippen molar-refractivity contribution in [3.63, 3.8) is 0 Å². The van der Waals surface area contributed by atoms with E-state index in [1.807, 2.05) is 38.1 Å². The monoisotopic (exact) mass is 347 g/mol. The summed E-state index contributed by atoms with van der Waals surface area (Å²) >= 11 is 0. The Kier molecular flexibility index (Phi) is 4.42. The lowest BCUT2D eigenvalue weighted by Gasteiger charge is -2.22. The highest BCUT2D eigenvalue weighted by atomic mass is 32.2. The Morgan fingerprint density at radius 2 is 2.04 bits per heavy atom. The SMILES string of the molecule is CC[C@H](C)[C@H](NS(=O)(=O)c1nc[nH]c1C)c1nc2ccccc2[nH]1. The normalized spacial score (nSPS) is 14.8. The predicted molar refractivity (Wildman–Crippen MR) is 91.9 cm³/mol. The second kappa shape index (κ2) is 6.37.